The first kappa shape index (κ1) is 27.4. The molecule has 1 aliphatic rings. The lowest BCUT2D eigenvalue weighted by molar-refractivity contribution is -0.137. The molecule has 0 saturated carbocycles. The molecule has 2 amide bonds. The fraction of sp³-hybridized carbons (Fsp3) is 0.370. The van der Waals surface area contributed by atoms with E-state index in [1.165, 1.54) is 18.5 Å². The minimum Gasteiger partial charge on any atom is -0.480 e. The third-order valence-electron chi connectivity index (χ3n) is 6.36. The molecule has 12 nitrogen and oxygen atoms in total. The van der Waals surface area contributed by atoms with Crippen LogP contribution in [0.2, 0.25) is 0 Å². The molecule has 1 aliphatic heterocycles. The smallest absolute Gasteiger partial charge is 0.415 e. The molecule has 3 aromatic rings. The third kappa shape index (κ3) is 7.03. The molecule has 0 unspecified atom stereocenters. The molecule has 1 fully saturated rings. The summed E-state index contributed by atoms with van der Waals surface area (Å²) in [4.78, 5) is 49.5. The molecule has 0 radical (unpaired) electrons. The number of ether oxygens (including phenoxy) is 1. The van der Waals surface area contributed by atoms with Crippen LogP contribution in [0.1, 0.15) is 42.8 Å². The molecule has 4 rings (SSSR count). The Balaban J connectivity index is 1.51. The zero-order chi connectivity index (χ0) is 27.8. The Morgan fingerprint density at radius 3 is 2.46 bits per heavy atom. The summed E-state index contributed by atoms with van der Waals surface area (Å²) < 4.78 is 10.6. The Labute approximate surface area is 226 Å². The number of benzene rings is 1. The molecule has 206 valence electrons. The average molecular weight is 537 g/mol. The largest absolute Gasteiger partial charge is 0.480 e. The molecule has 12 heteroatoms. The van der Waals surface area contributed by atoms with Gasteiger partial charge in [-0.1, -0.05) is 12.1 Å². The number of carboxylic acids is 1. The summed E-state index contributed by atoms with van der Waals surface area (Å²) in [6.45, 7) is 6.57. The lowest BCUT2D eigenvalue weighted by atomic mass is 10.1. The van der Waals surface area contributed by atoms with E-state index in [1.807, 2.05) is 18.7 Å². The Kier molecular flexibility index (Phi) is 8.97. The highest BCUT2D eigenvalue weighted by atomic mass is 16.6. The SMILES string of the molecule is CCN(CC)c1ncc(NC(=O)c2ccco2)c(N[C@@H](Cc2ccc(OC(=O)N3CCCC3)cc2)C(=O)O)n1. The predicted molar refractivity (Wildman–Crippen MR) is 144 cm³/mol. The van der Waals surface area contributed by atoms with Gasteiger partial charge in [-0.2, -0.15) is 4.98 Å². The van der Waals surface area contributed by atoms with E-state index in [9.17, 15) is 19.5 Å². The normalized spacial score (nSPS) is 13.5. The van der Waals surface area contributed by atoms with Crippen molar-refractivity contribution in [2.24, 2.45) is 0 Å². The standard InChI is InChI=1S/C27H32N6O6/c1-3-32(4-2)26-28-17-21(30-24(34)22-8-7-15-38-22)23(31-26)29-20(25(35)36)16-18-9-11-19(12-10-18)39-27(37)33-13-5-6-14-33/h7-12,15,17,20H,3-6,13-14,16H2,1-2H3,(H,30,34)(H,35,36)(H,28,29,31)/t20-/m0/s1. The molecule has 3 heterocycles. The molecule has 0 aliphatic carbocycles. The number of rotatable bonds is 11. The maximum Gasteiger partial charge on any atom is 0.415 e. The zero-order valence-electron chi connectivity index (χ0n) is 21.9. The number of amides is 2. The van der Waals surface area contributed by atoms with Crippen LogP contribution >= 0.6 is 0 Å². The maximum atomic E-state index is 12.6. The first-order valence-electron chi connectivity index (χ1n) is 12.9. The van der Waals surface area contributed by atoms with Crippen LogP contribution in [0.4, 0.5) is 22.2 Å². The van der Waals surface area contributed by atoms with Crippen LogP contribution < -0.4 is 20.3 Å². The van der Waals surface area contributed by atoms with Crippen molar-refractivity contribution in [3.05, 3.63) is 60.2 Å². The van der Waals surface area contributed by atoms with E-state index in [1.54, 1.807) is 35.2 Å². The van der Waals surface area contributed by atoms with Gasteiger partial charge in [0.05, 0.1) is 12.5 Å². The molecule has 0 bridgehead atoms. The van der Waals surface area contributed by atoms with Gasteiger partial charge < -0.3 is 34.7 Å². The Hall–Kier alpha value is -4.61. The van der Waals surface area contributed by atoms with E-state index in [0.717, 1.165) is 12.8 Å². The van der Waals surface area contributed by atoms with Crippen LogP contribution in [0.3, 0.4) is 0 Å². The van der Waals surface area contributed by atoms with Crippen molar-refractivity contribution in [3.8, 4) is 5.75 Å². The van der Waals surface area contributed by atoms with Crippen LogP contribution in [0, 0.1) is 0 Å². The molecular weight excluding hydrogens is 504 g/mol. The Bertz CT molecular complexity index is 1270. The number of anilines is 3. The number of nitrogens with one attached hydrogen (secondary N) is 2. The van der Waals surface area contributed by atoms with Crippen molar-refractivity contribution in [2.45, 2.75) is 39.2 Å². The average Bonchev–Trinajstić information content (AvgIpc) is 3.66. The van der Waals surface area contributed by atoms with Gasteiger partial charge in [-0.3, -0.25) is 4.79 Å². The van der Waals surface area contributed by atoms with Crippen molar-refractivity contribution in [3.63, 3.8) is 0 Å². The van der Waals surface area contributed by atoms with Crippen LogP contribution in [0.25, 0.3) is 0 Å². The van der Waals surface area contributed by atoms with Gasteiger partial charge in [0.2, 0.25) is 5.95 Å². The lowest BCUT2D eigenvalue weighted by Crippen LogP contribution is -2.33. The molecule has 1 atom stereocenters. The number of furan rings is 1. The number of likely N-dealkylation sites (tertiary alicyclic amines) is 1. The maximum absolute atomic E-state index is 12.6. The molecule has 39 heavy (non-hydrogen) atoms. The fourth-order valence-corrected chi connectivity index (χ4v) is 4.18. The zero-order valence-corrected chi connectivity index (χ0v) is 21.9. The number of nitrogens with zero attached hydrogens (tertiary/aromatic N) is 4. The van der Waals surface area contributed by atoms with Crippen LogP contribution in [-0.2, 0) is 11.2 Å². The first-order chi connectivity index (χ1) is 18.9. The number of carboxylic acid groups (broad SMARTS) is 1. The summed E-state index contributed by atoms with van der Waals surface area (Å²) in [6.07, 6.45) is 4.47. The van der Waals surface area contributed by atoms with Crippen molar-refractivity contribution in [1.29, 1.82) is 0 Å². The van der Waals surface area contributed by atoms with Crippen molar-refractivity contribution >= 4 is 35.4 Å². The molecular formula is C27H32N6O6. The van der Waals surface area contributed by atoms with Gasteiger partial charge >= 0.3 is 12.1 Å². The third-order valence-corrected chi connectivity index (χ3v) is 6.36. The summed E-state index contributed by atoms with van der Waals surface area (Å²) in [5, 5.41) is 15.6. The van der Waals surface area contributed by atoms with Crippen molar-refractivity contribution < 1.29 is 28.6 Å². The molecule has 2 aromatic heterocycles. The van der Waals surface area contributed by atoms with E-state index in [0.29, 0.717) is 43.4 Å². The van der Waals surface area contributed by atoms with Crippen LogP contribution in [0.5, 0.6) is 5.75 Å². The number of carbonyl (C=O) groups excluding carboxylic acids is 2. The highest BCUT2D eigenvalue weighted by molar-refractivity contribution is 6.03. The molecule has 0 spiro atoms. The van der Waals surface area contributed by atoms with E-state index in [-0.39, 0.29) is 29.8 Å². The first-order valence-corrected chi connectivity index (χ1v) is 12.9. The highest BCUT2D eigenvalue weighted by Crippen LogP contribution is 2.24. The van der Waals surface area contributed by atoms with Crippen molar-refractivity contribution in [1.82, 2.24) is 14.9 Å². The monoisotopic (exact) mass is 536 g/mol. The summed E-state index contributed by atoms with van der Waals surface area (Å²) >= 11 is 0. The van der Waals surface area contributed by atoms with E-state index in [2.05, 4.69) is 20.6 Å². The van der Waals surface area contributed by atoms with Gasteiger partial charge in [0.25, 0.3) is 5.91 Å². The minimum atomic E-state index is -1.11. The topological polar surface area (TPSA) is 150 Å². The quantitative estimate of drug-likeness (QED) is 0.329. The minimum absolute atomic E-state index is 0.0917. The number of aliphatic carboxylic acids is 1. The van der Waals surface area contributed by atoms with Gasteiger partial charge in [0.15, 0.2) is 11.6 Å². The predicted octanol–water partition coefficient (Wildman–Crippen LogP) is 3.87. The second-order valence-corrected chi connectivity index (χ2v) is 8.98. The van der Waals surface area contributed by atoms with Crippen LogP contribution in [0.15, 0.2) is 53.3 Å². The molecule has 1 aromatic carbocycles. The second-order valence-electron chi connectivity index (χ2n) is 8.98. The number of carbonyl (C=O) groups is 3. The van der Waals surface area contributed by atoms with Gasteiger partial charge in [-0.25, -0.2) is 14.6 Å². The Morgan fingerprint density at radius 1 is 1.13 bits per heavy atom. The second kappa shape index (κ2) is 12.8. The van der Waals surface area contributed by atoms with Crippen molar-refractivity contribution in [2.75, 3.05) is 41.7 Å². The Morgan fingerprint density at radius 2 is 1.85 bits per heavy atom. The fourth-order valence-electron chi connectivity index (χ4n) is 4.18. The van der Waals surface area contributed by atoms with Gasteiger partial charge in [-0.15, -0.1) is 0 Å². The van der Waals surface area contributed by atoms with Crippen LogP contribution in [-0.4, -0.2) is 70.2 Å². The highest BCUT2D eigenvalue weighted by Gasteiger charge is 2.23. The van der Waals surface area contributed by atoms with E-state index >= 15 is 0 Å². The summed E-state index contributed by atoms with van der Waals surface area (Å²) in [5.74, 6) is -0.589. The lowest BCUT2D eigenvalue weighted by Gasteiger charge is -2.22. The molecule has 3 N–H and O–H groups in total. The summed E-state index contributed by atoms with van der Waals surface area (Å²) in [6, 6.07) is 8.73. The van der Waals surface area contributed by atoms with E-state index < -0.39 is 17.9 Å². The van der Waals surface area contributed by atoms with E-state index in [4.69, 9.17) is 9.15 Å². The number of hydrogen-bond acceptors (Lipinski definition) is 9. The number of aromatic nitrogens is 2. The molecule has 1 saturated heterocycles. The summed E-state index contributed by atoms with van der Waals surface area (Å²) in [5.41, 5.74) is 0.915. The van der Waals surface area contributed by atoms with Gasteiger partial charge in [0, 0.05) is 32.6 Å². The number of hydrogen-bond donors (Lipinski definition) is 3. The van der Waals surface area contributed by atoms with Gasteiger partial charge in [0.1, 0.15) is 17.5 Å². The summed E-state index contributed by atoms with van der Waals surface area (Å²) in [7, 11) is 0. The van der Waals surface area contributed by atoms with Gasteiger partial charge in [-0.05, 0) is 56.5 Å².